The summed E-state index contributed by atoms with van der Waals surface area (Å²) in [5.74, 6) is -0.494. The number of ether oxygens (including phenoxy) is 1. The maximum atomic E-state index is 13.5. The third-order valence-corrected chi connectivity index (χ3v) is 6.60. The molecule has 0 atom stereocenters. The number of hydrogen-bond donors (Lipinski definition) is 3. The first-order valence-corrected chi connectivity index (χ1v) is 12.4. The summed E-state index contributed by atoms with van der Waals surface area (Å²) in [5.41, 5.74) is 2.24. The first-order chi connectivity index (χ1) is 18.0. The summed E-state index contributed by atoms with van der Waals surface area (Å²) < 4.78 is 19.6. The molecule has 4 aromatic rings. The fraction of sp³-hybridized carbons (Fsp3) is 0.321. The van der Waals surface area contributed by atoms with Gasteiger partial charge in [0, 0.05) is 54.8 Å². The van der Waals surface area contributed by atoms with E-state index in [1.165, 1.54) is 12.1 Å². The van der Waals surface area contributed by atoms with Crippen LogP contribution in [0.5, 0.6) is 0 Å². The minimum atomic E-state index is -0.978. The number of aromatic nitrogens is 2. The fourth-order valence-corrected chi connectivity index (χ4v) is 4.67. The summed E-state index contributed by atoms with van der Waals surface area (Å²) in [4.78, 5) is 22.7. The van der Waals surface area contributed by atoms with Crippen LogP contribution in [0.2, 0.25) is 0 Å². The van der Waals surface area contributed by atoms with Gasteiger partial charge in [-0.25, -0.2) is 14.2 Å². The Kier molecular flexibility index (Phi) is 7.55. The molecule has 0 saturated carbocycles. The number of rotatable bonds is 11. The van der Waals surface area contributed by atoms with Gasteiger partial charge in [0.25, 0.3) is 0 Å². The molecule has 0 radical (unpaired) electrons. The molecule has 0 unspecified atom stereocenters. The number of aliphatic hydroxyl groups is 1. The maximum Gasteiger partial charge on any atom is 0.335 e. The monoisotopic (exact) mass is 504 g/mol. The number of nitrogens with one attached hydrogen (secondary N) is 1. The third-order valence-electron chi connectivity index (χ3n) is 6.60. The van der Waals surface area contributed by atoms with E-state index < -0.39 is 5.97 Å². The van der Waals surface area contributed by atoms with Gasteiger partial charge in [-0.3, -0.25) is 4.98 Å². The van der Waals surface area contributed by atoms with Crippen molar-refractivity contribution in [2.24, 2.45) is 0 Å². The van der Waals surface area contributed by atoms with E-state index >= 15 is 0 Å². The normalized spacial score (nSPS) is 13.8. The van der Waals surface area contributed by atoms with Crippen molar-refractivity contribution in [3.8, 4) is 0 Å². The lowest BCUT2D eigenvalue weighted by atomic mass is 10.0. The van der Waals surface area contributed by atoms with Crippen LogP contribution < -0.4 is 10.2 Å². The molecule has 0 bridgehead atoms. The number of benzene rings is 2. The molecule has 2 aromatic carbocycles. The van der Waals surface area contributed by atoms with Crippen LogP contribution in [0.3, 0.4) is 0 Å². The molecule has 2 aromatic heterocycles. The van der Waals surface area contributed by atoms with Crippen LogP contribution in [-0.4, -0.2) is 58.5 Å². The van der Waals surface area contributed by atoms with Gasteiger partial charge < -0.3 is 25.2 Å². The number of carbonyl (C=O) groups is 1. The molecule has 3 N–H and O–H groups in total. The second-order valence-corrected chi connectivity index (χ2v) is 9.30. The molecule has 37 heavy (non-hydrogen) atoms. The second kappa shape index (κ2) is 11.2. The van der Waals surface area contributed by atoms with E-state index in [2.05, 4.69) is 15.2 Å². The Labute approximate surface area is 213 Å². The van der Waals surface area contributed by atoms with E-state index in [-0.39, 0.29) is 24.1 Å². The maximum absolute atomic E-state index is 13.5. The summed E-state index contributed by atoms with van der Waals surface area (Å²) in [6.45, 7) is 3.28. The Bertz CT molecular complexity index is 1420. The molecular weight excluding hydrogens is 475 g/mol. The highest BCUT2D eigenvalue weighted by atomic mass is 19.1. The molecule has 1 aliphatic heterocycles. The average Bonchev–Trinajstić information content (AvgIpc) is 2.88. The van der Waals surface area contributed by atoms with Gasteiger partial charge in [-0.05, 0) is 60.8 Å². The van der Waals surface area contributed by atoms with Crippen molar-refractivity contribution in [2.45, 2.75) is 32.1 Å². The zero-order valence-electron chi connectivity index (χ0n) is 20.4. The Balaban J connectivity index is 1.10. The zero-order chi connectivity index (χ0) is 25.8. The number of unbranched alkanes of at least 4 members (excludes halogenated alkanes) is 1. The van der Waals surface area contributed by atoms with Gasteiger partial charge in [0.2, 0.25) is 0 Å². The fourth-order valence-electron chi connectivity index (χ4n) is 4.67. The van der Waals surface area contributed by atoms with Crippen LogP contribution >= 0.6 is 0 Å². The van der Waals surface area contributed by atoms with Crippen molar-refractivity contribution in [1.29, 1.82) is 0 Å². The molecule has 1 fully saturated rings. The Morgan fingerprint density at radius 2 is 1.92 bits per heavy atom. The number of pyridine rings is 2. The number of aromatic carboxylic acids is 1. The molecule has 192 valence electrons. The van der Waals surface area contributed by atoms with E-state index in [0.717, 1.165) is 60.0 Å². The predicted octanol–water partition coefficient (Wildman–Crippen LogP) is 3.89. The van der Waals surface area contributed by atoms with Crippen LogP contribution in [0.25, 0.3) is 21.7 Å². The number of aliphatic hydroxyl groups excluding tert-OH is 1. The average molecular weight is 505 g/mol. The highest BCUT2D eigenvalue weighted by molar-refractivity contribution is 6.11. The first-order valence-electron chi connectivity index (χ1n) is 12.4. The van der Waals surface area contributed by atoms with Crippen molar-refractivity contribution < 1.29 is 24.1 Å². The molecule has 9 heteroatoms. The Hall–Kier alpha value is -3.66. The molecular formula is C28H29FN4O4. The van der Waals surface area contributed by atoms with Gasteiger partial charge in [-0.1, -0.05) is 12.1 Å². The van der Waals surface area contributed by atoms with E-state index in [1.807, 2.05) is 6.07 Å². The molecule has 0 amide bonds. The van der Waals surface area contributed by atoms with Crippen LogP contribution in [0.4, 0.5) is 10.2 Å². The van der Waals surface area contributed by atoms with Gasteiger partial charge in [0.05, 0.1) is 23.8 Å². The standard InChI is InChI=1S/C28H29FN4O4/c29-21-10-18(9-19(11-21)17-34)13-30-6-1-2-8-37-22-15-33(16-22)27-24-5-7-31-14-25(24)23-4-3-20(28(35)36)12-26(23)32-27/h3-5,7,9-12,14,22,30,34H,1-2,6,8,13,15-17H2,(H,35,36). The summed E-state index contributed by atoms with van der Waals surface area (Å²) in [6, 6.07) is 11.6. The van der Waals surface area contributed by atoms with Gasteiger partial charge in [-0.2, -0.15) is 0 Å². The Morgan fingerprint density at radius 3 is 2.73 bits per heavy atom. The van der Waals surface area contributed by atoms with Crippen LogP contribution in [0, 0.1) is 5.82 Å². The molecule has 5 rings (SSSR count). The summed E-state index contributed by atoms with van der Waals surface area (Å²) in [6.07, 6.45) is 5.51. The molecule has 8 nitrogen and oxygen atoms in total. The molecule has 1 aliphatic rings. The van der Waals surface area contributed by atoms with Crippen LogP contribution in [0.1, 0.15) is 34.3 Å². The van der Waals surface area contributed by atoms with Gasteiger partial charge >= 0.3 is 5.97 Å². The van der Waals surface area contributed by atoms with Gasteiger partial charge in [-0.15, -0.1) is 0 Å². The molecule has 0 aliphatic carbocycles. The molecule has 1 saturated heterocycles. The van der Waals surface area contributed by atoms with E-state index in [4.69, 9.17) is 9.72 Å². The minimum absolute atomic E-state index is 0.122. The topological polar surface area (TPSA) is 108 Å². The van der Waals surface area contributed by atoms with Crippen molar-refractivity contribution in [3.05, 3.63) is 77.4 Å². The third kappa shape index (κ3) is 5.69. The first kappa shape index (κ1) is 25.0. The van der Waals surface area contributed by atoms with Crippen LogP contribution in [-0.2, 0) is 17.9 Å². The lowest BCUT2D eigenvalue weighted by molar-refractivity contribution is 0.0321. The lowest BCUT2D eigenvalue weighted by Gasteiger charge is -2.40. The van der Waals surface area contributed by atoms with E-state index in [9.17, 15) is 19.4 Å². The summed E-state index contributed by atoms with van der Waals surface area (Å²) in [5, 5.41) is 24.7. The number of carboxylic acids is 1. The highest BCUT2D eigenvalue weighted by Crippen LogP contribution is 2.33. The van der Waals surface area contributed by atoms with Gasteiger partial charge in [0.15, 0.2) is 0 Å². The molecule has 3 heterocycles. The quantitative estimate of drug-likeness (QED) is 0.209. The SMILES string of the molecule is O=C(O)c1ccc2c(c1)nc(N1CC(OCCCCNCc3cc(F)cc(CO)c3)C1)c1ccncc12. The number of hydrogen-bond acceptors (Lipinski definition) is 7. The van der Waals surface area contributed by atoms with Crippen molar-refractivity contribution in [1.82, 2.24) is 15.3 Å². The van der Waals surface area contributed by atoms with E-state index in [1.54, 1.807) is 36.7 Å². The predicted molar refractivity (Wildman–Crippen MR) is 139 cm³/mol. The number of anilines is 1. The largest absolute Gasteiger partial charge is 0.478 e. The number of carboxylic acid groups (broad SMARTS) is 1. The molecule has 0 spiro atoms. The number of fused-ring (bicyclic) bond motifs is 3. The zero-order valence-corrected chi connectivity index (χ0v) is 20.4. The highest BCUT2D eigenvalue weighted by Gasteiger charge is 2.30. The van der Waals surface area contributed by atoms with Crippen LogP contribution in [0.15, 0.2) is 54.9 Å². The summed E-state index contributed by atoms with van der Waals surface area (Å²) >= 11 is 0. The second-order valence-electron chi connectivity index (χ2n) is 9.30. The smallest absolute Gasteiger partial charge is 0.335 e. The Morgan fingerprint density at radius 1 is 1.08 bits per heavy atom. The van der Waals surface area contributed by atoms with Crippen molar-refractivity contribution >= 4 is 33.5 Å². The van der Waals surface area contributed by atoms with Gasteiger partial charge in [0.1, 0.15) is 11.6 Å². The number of halogens is 1. The summed E-state index contributed by atoms with van der Waals surface area (Å²) in [7, 11) is 0. The lowest BCUT2D eigenvalue weighted by Crippen LogP contribution is -2.52. The minimum Gasteiger partial charge on any atom is -0.478 e. The number of nitrogens with zero attached hydrogens (tertiary/aromatic N) is 3. The van der Waals surface area contributed by atoms with Crippen molar-refractivity contribution in [3.63, 3.8) is 0 Å². The van der Waals surface area contributed by atoms with Crippen molar-refractivity contribution in [2.75, 3.05) is 31.1 Å². The van der Waals surface area contributed by atoms with E-state index in [0.29, 0.717) is 24.2 Å².